The van der Waals surface area contributed by atoms with E-state index in [1.54, 1.807) is 19.1 Å². The summed E-state index contributed by atoms with van der Waals surface area (Å²) in [5.74, 6) is -0.252. The predicted octanol–water partition coefficient (Wildman–Crippen LogP) is 3.44. The van der Waals surface area contributed by atoms with Crippen molar-refractivity contribution < 1.29 is 9.50 Å². The number of benzene rings is 1. The molecule has 0 bridgehead atoms. The van der Waals surface area contributed by atoms with Gasteiger partial charge in [-0.3, -0.25) is 0 Å². The number of rotatable bonds is 9. The molecule has 0 aliphatic carbocycles. The second-order valence-corrected chi connectivity index (χ2v) is 5.35. The van der Waals surface area contributed by atoms with Crippen LogP contribution >= 0.6 is 0 Å². The lowest BCUT2D eigenvalue weighted by Gasteiger charge is -2.26. The SMILES string of the molecule is CCN(CC)CCCN(CC)c1ccc(C(C)O)cc1F. The Morgan fingerprint density at radius 1 is 1.10 bits per heavy atom. The monoisotopic (exact) mass is 296 g/mol. The lowest BCUT2D eigenvalue weighted by molar-refractivity contribution is 0.199. The highest BCUT2D eigenvalue weighted by Crippen LogP contribution is 2.23. The number of hydrogen-bond donors (Lipinski definition) is 1. The Bertz CT molecular complexity index is 419. The molecule has 120 valence electrons. The molecule has 0 aromatic heterocycles. The fourth-order valence-electron chi connectivity index (χ4n) is 2.51. The lowest BCUT2D eigenvalue weighted by Crippen LogP contribution is -2.30. The van der Waals surface area contributed by atoms with E-state index in [2.05, 4.69) is 23.6 Å². The van der Waals surface area contributed by atoms with Gasteiger partial charge in [-0.25, -0.2) is 4.39 Å². The van der Waals surface area contributed by atoms with Gasteiger partial charge in [0.1, 0.15) is 5.82 Å². The first-order valence-corrected chi connectivity index (χ1v) is 7.98. The van der Waals surface area contributed by atoms with Crippen LogP contribution in [0.1, 0.15) is 45.8 Å². The summed E-state index contributed by atoms with van der Waals surface area (Å²) in [7, 11) is 0. The highest BCUT2D eigenvalue weighted by Gasteiger charge is 2.12. The molecule has 1 N–H and O–H groups in total. The molecule has 1 rings (SSSR count). The molecule has 3 nitrogen and oxygen atoms in total. The summed E-state index contributed by atoms with van der Waals surface area (Å²) in [4.78, 5) is 4.44. The van der Waals surface area contributed by atoms with Gasteiger partial charge in [0.15, 0.2) is 0 Å². The molecule has 0 saturated heterocycles. The largest absolute Gasteiger partial charge is 0.389 e. The van der Waals surface area contributed by atoms with Crippen molar-refractivity contribution in [3.63, 3.8) is 0 Å². The summed E-state index contributed by atoms with van der Waals surface area (Å²) >= 11 is 0. The Balaban J connectivity index is 2.67. The highest BCUT2D eigenvalue weighted by atomic mass is 19.1. The average molecular weight is 296 g/mol. The summed E-state index contributed by atoms with van der Waals surface area (Å²) in [5.41, 5.74) is 1.25. The van der Waals surface area contributed by atoms with Gasteiger partial charge in [0.25, 0.3) is 0 Å². The van der Waals surface area contributed by atoms with Crippen molar-refractivity contribution in [2.45, 2.75) is 40.2 Å². The van der Waals surface area contributed by atoms with E-state index in [1.807, 2.05) is 6.92 Å². The van der Waals surface area contributed by atoms with E-state index < -0.39 is 6.10 Å². The number of halogens is 1. The second-order valence-electron chi connectivity index (χ2n) is 5.35. The first kappa shape index (κ1) is 17.9. The minimum atomic E-state index is -0.633. The van der Waals surface area contributed by atoms with E-state index in [4.69, 9.17) is 0 Å². The molecule has 1 aromatic carbocycles. The maximum absolute atomic E-state index is 14.2. The van der Waals surface area contributed by atoms with E-state index in [0.717, 1.165) is 39.1 Å². The van der Waals surface area contributed by atoms with Gasteiger partial charge in [-0.2, -0.15) is 0 Å². The van der Waals surface area contributed by atoms with E-state index in [0.29, 0.717) is 11.3 Å². The molecular formula is C17H29FN2O. The molecule has 1 atom stereocenters. The molecule has 0 amide bonds. The van der Waals surface area contributed by atoms with Gasteiger partial charge in [-0.15, -0.1) is 0 Å². The Kier molecular flexibility index (Phi) is 7.68. The van der Waals surface area contributed by atoms with Crippen molar-refractivity contribution in [1.29, 1.82) is 0 Å². The fraction of sp³-hybridized carbons (Fsp3) is 0.647. The second kappa shape index (κ2) is 9.00. The molecule has 1 unspecified atom stereocenters. The van der Waals surface area contributed by atoms with Crippen molar-refractivity contribution >= 4 is 5.69 Å². The maximum atomic E-state index is 14.2. The number of aliphatic hydroxyl groups is 1. The van der Waals surface area contributed by atoms with E-state index in [1.165, 1.54) is 6.07 Å². The summed E-state index contributed by atoms with van der Waals surface area (Å²) < 4.78 is 14.2. The zero-order chi connectivity index (χ0) is 15.8. The van der Waals surface area contributed by atoms with Crippen LogP contribution in [0, 0.1) is 5.82 Å². The summed E-state index contributed by atoms with van der Waals surface area (Å²) in [5, 5.41) is 9.51. The highest BCUT2D eigenvalue weighted by molar-refractivity contribution is 5.49. The van der Waals surface area contributed by atoms with Crippen LogP contribution < -0.4 is 4.90 Å². The molecule has 0 radical (unpaired) electrons. The van der Waals surface area contributed by atoms with Gasteiger partial charge in [0, 0.05) is 13.1 Å². The van der Waals surface area contributed by atoms with Crippen molar-refractivity contribution in [2.24, 2.45) is 0 Å². The zero-order valence-electron chi connectivity index (χ0n) is 13.8. The molecule has 4 heteroatoms. The fourth-order valence-corrected chi connectivity index (χ4v) is 2.51. The molecule has 0 saturated carbocycles. The number of aliphatic hydroxyl groups excluding tert-OH is 1. The number of nitrogens with zero attached hydrogens (tertiary/aromatic N) is 2. The van der Waals surface area contributed by atoms with Gasteiger partial charge in [-0.05, 0) is 57.6 Å². The Morgan fingerprint density at radius 2 is 1.76 bits per heavy atom. The van der Waals surface area contributed by atoms with Gasteiger partial charge in [-0.1, -0.05) is 19.9 Å². The molecule has 0 spiro atoms. The van der Waals surface area contributed by atoms with Crippen LogP contribution in [-0.2, 0) is 0 Å². The third-order valence-electron chi connectivity index (χ3n) is 3.97. The Hall–Kier alpha value is -1.13. The normalized spacial score (nSPS) is 12.7. The molecule has 0 aliphatic heterocycles. The summed E-state index contributed by atoms with van der Waals surface area (Å²) in [6.45, 7) is 12.8. The van der Waals surface area contributed by atoms with Crippen molar-refractivity contribution in [3.8, 4) is 0 Å². The molecular weight excluding hydrogens is 267 g/mol. The Labute approximate surface area is 128 Å². The Morgan fingerprint density at radius 3 is 2.24 bits per heavy atom. The lowest BCUT2D eigenvalue weighted by atomic mass is 10.1. The standard InChI is InChI=1S/C17H29FN2O/c1-5-19(6-2)11-8-12-20(7-3)17-10-9-15(14(4)21)13-16(17)18/h9-10,13-14,21H,5-8,11-12H2,1-4H3. The van der Waals surface area contributed by atoms with Gasteiger partial charge in [0.05, 0.1) is 11.8 Å². The molecule has 0 heterocycles. The minimum absolute atomic E-state index is 0.252. The van der Waals surface area contributed by atoms with E-state index in [9.17, 15) is 9.50 Å². The smallest absolute Gasteiger partial charge is 0.146 e. The van der Waals surface area contributed by atoms with Crippen LogP contribution in [0.15, 0.2) is 18.2 Å². The molecule has 0 aliphatic rings. The zero-order valence-corrected chi connectivity index (χ0v) is 13.8. The molecule has 0 fully saturated rings. The quantitative estimate of drug-likeness (QED) is 0.756. The van der Waals surface area contributed by atoms with Crippen LogP contribution in [0.4, 0.5) is 10.1 Å². The number of hydrogen-bond acceptors (Lipinski definition) is 3. The average Bonchev–Trinajstić information content (AvgIpc) is 2.48. The topological polar surface area (TPSA) is 26.7 Å². The minimum Gasteiger partial charge on any atom is -0.389 e. The van der Waals surface area contributed by atoms with Crippen LogP contribution in [0.25, 0.3) is 0 Å². The van der Waals surface area contributed by atoms with Crippen LogP contribution in [0.3, 0.4) is 0 Å². The third-order valence-corrected chi connectivity index (χ3v) is 3.97. The molecule has 1 aromatic rings. The van der Waals surface area contributed by atoms with Gasteiger partial charge >= 0.3 is 0 Å². The van der Waals surface area contributed by atoms with Crippen molar-refractivity contribution in [3.05, 3.63) is 29.6 Å². The van der Waals surface area contributed by atoms with Crippen LogP contribution in [0.2, 0.25) is 0 Å². The maximum Gasteiger partial charge on any atom is 0.146 e. The third kappa shape index (κ3) is 5.29. The van der Waals surface area contributed by atoms with Gasteiger partial charge < -0.3 is 14.9 Å². The van der Waals surface area contributed by atoms with E-state index in [-0.39, 0.29) is 5.82 Å². The van der Waals surface area contributed by atoms with Crippen molar-refractivity contribution in [2.75, 3.05) is 37.6 Å². The summed E-state index contributed by atoms with van der Waals surface area (Å²) in [6, 6.07) is 5.02. The van der Waals surface area contributed by atoms with E-state index >= 15 is 0 Å². The molecule has 21 heavy (non-hydrogen) atoms. The first-order valence-electron chi connectivity index (χ1n) is 7.98. The van der Waals surface area contributed by atoms with Gasteiger partial charge in [0.2, 0.25) is 0 Å². The predicted molar refractivity (Wildman–Crippen MR) is 87.3 cm³/mol. The summed E-state index contributed by atoms with van der Waals surface area (Å²) in [6.07, 6.45) is 0.388. The first-order chi connectivity index (χ1) is 10.0. The van der Waals surface area contributed by atoms with Crippen molar-refractivity contribution in [1.82, 2.24) is 4.90 Å². The van der Waals surface area contributed by atoms with Crippen LogP contribution in [-0.4, -0.2) is 42.7 Å². The van der Waals surface area contributed by atoms with Crippen LogP contribution in [0.5, 0.6) is 0 Å². The number of anilines is 1.